The van der Waals surface area contributed by atoms with Crippen LogP contribution in [-0.4, -0.2) is 16.4 Å². The zero-order valence-corrected chi connectivity index (χ0v) is 15.2. The fourth-order valence-electron chi connectivity index (χ4n) is 2.59. The van der Waals surface area contributed by atoms with E-state index < -0.39 is 17.6 Å². The standard InChI is InChI=1S/C20H15ClFN3O3/c21-16-4-2-1-3-12(16)10-25-11-13(5-8-18(25)26)20(28)24-14-6-7-17(22)15(9-14)19(23)27/h1-9,11H,10H2,(H2,23,27)(H,24,28). The van der Waals surface area contributed by atoms with Crippen molar-refractivity contribution in [1.82, 2.24) is 4.57 Å². The van der Waals surface area contributed by atoms with Crippen molar-refractivity contribution in [3.05, 3.63) is 98.7 Å². The maximum atomic E-state index is 13.6. The highest BCUT2D eigenvalue weighted by atomic mass is 35.5. The van der Waals surface area contributed by atoms with Crippen LogP contribution in [0, 0.1) is 5.82 Å². The topological polar surface area (TPSA) is 94.2 Å². The molecule has 0 aliphatic rings. The zero-order valence-electron chi connectivity index (χ0n) is 14.5. The zero-order chi connectivity index (χ0) is 20.3. The number of nitrogens with one attached hydrogen (secondary N) is 1. The largest absolute Gasteiger partial charge is 0.366 e. The number of rotatable bonds is 5. The summed E-state index contributed by atoms with van der Waals surface area (Å²) in [5.41, 5.74) is 5.61. The normalized spacial score (nSPS) is 10.5. The molecule has 28 heavy (non-hydrogen) atoms. The molecule has 6 nitrogen and oxygen atoms in total. The first-order chi connectivity index (χ1) is 13.3. The minimum atomic E-state index is -0.943. The second kappa shape index (κ2) is 8.06. The highest BCUT2D eigenvalue weighted by Crippen LogP contribution is 2.17. The fraction of sp³-hybridized carbons (Fsp3) is 0.0500. The third-order valence-electron chi connectivity index (χ3n) is 4.03. The molecule has 0 fully saturated rings. The Labute approximate surface area is 164 Å². The molecule has 8 heteroatoms. The van der Waals surface area contributed by atoms with Crippen LogP contribution in [-0.2, 0) is 6.54 Å². The van der Waals surface area contributed by atoms with E-state index >= 15 is 0 Å². The molecule has 0 unspecified atom stereocenters. The highest BCUT2D eigenvalue weighted by molar-refractivity contribution is 6.31. The summed E-state index contributed by atoms with van der Waals surface area (Å²) in [6, 6.07) is 13.2. The number of primary amides is 1. The van der Waals surface area contributed by atoms with Crippen molar-refractivity contribution in [3.63, 3.8) is 0 Å². The van der Waals surface area contributed by atoms with Gasteiger partial charge in [-0.3, -0.25) is 14.4 Å². The van der Waals surface area contributed by atoms with E-state index in [1.165, 1.54) is 29.0 Å². The highest BCUT2D eigenvalue weighted by Gasteiger charge is 2.13. The van der Waals surface area contributed by atoms with E-state index in [2.05, 4.69) is 5.32 Å². The van der Waals surface area contributed by atoms with Gasteiger partial charge in [0.05, 0.1) is 17.7 Å². The first kappa shape index (κ1) is 19.3. The number of hydrogen-bond acceptors (Lipinski definition) is 3. The number of carbonyl (C=O) groups is 2. The van der Waals surface area contributed by atoms with Crippen LogP contribution < -0.4 is 16.6 Å². The molecule has 0 atom stereocenters. The van der Waals surface area contributed by atoms with E-state index in [4.69, 9.17) is 17.3 Å². The molecule has 0 spiro atoms. The van der Waals surface area contributed by atoms with Crippen molar-refractivity contribution in [1.29, 1.82) is 0 Å². The third-order valence-corrected chi connectivity index (χ3v) is 4.40. The monoisotopic (exact) mass is 399 g/mol. The molecule has 1 aromatic heterocycles. The summed E-state index contributed by atoms with van der Waals surface area (Å²) in [4.78, 5) is 35.9. The molecule has 142 valence electrons. The van der Waals surface area contributed by atoms with Crippen LogP contribution in [0.5, 0.6) is 0 Å². The number of nitrogens with zero attached hydrogens (tertiary/aromatic N) is 1. The van der Waals surface area contributed by atoms with Crippen LogP contribution in [0.15, 0.2) is 65.6 Å². The van der Waals surface area contributed by atoms with E-state index in [1.807, 2.05) is 0 Å². The van der Waals surface area contributed by atoms with Crippen molar-refractivity contribution in [2.45, 2.75) is 6.54 Å². The maximum Gasteiger partial charge on any atom is 0.257 e. The second-order valence-corrected chi connectivity index (χ2v) is 6.40. The van der Waals surface area contributed by atoms with Crippen LogP contribution in [0.1, 0.15) is 26.3 Å². The molecule has 3 aromatic rings. The quantitative estimate of drug-likeness (QED) is 0.690. The summed E-state index contributed by atoms with van der Waals surface area (Å²) < 4.78 is 14.9. The molecular weight excluding hydrogens is 385 g/mol. The minimum absolute atomic E-state index is 0.196. The average molecular weight is 400 g/mol. The summed E-state index contributed by atoms with van der Waals surface area (Å²) in [5.74, 6) is -2.25. The number of halogens is 2. The summed E-state index contributed by atoms with van der Waals surface area (Å²) in [6.45, 7) is 0.196. The van der Waals surface area contributed by atoms with E-state index in [9.17, 15) is 18.8 Å². The number of benzene rings is 2. The SMILES string of the molecule is NC(=O)c1cc(NC(=O)c2ccc(=O)n(Cc3ccccc3Cl)c2)ccc1F. The molecule has 3 rings (SSSR count). The smallest absolute Gasteiger partial charge is 0.257 e. The third kappa shape index (κ3) is 4.27. The van der Waals surface area contributed by atoms with Crippen LogP contribution >= 0.6 is 11.6 Å². The van der Waals surface area contributed by atoms with Crippen LogP contribution in [0.25, 0.3) is 0 Å². The lowest BCUT2D eigenvalue weighted by Crippen LogP contribution is -2.23. The van der Waals surface area contributed by atoms with E-state index in [1.54, 1.807) is 24.3 Å². The Morgan fingerprint density at radius 1 is 1.11 bits per heavy atom. The lowest BCUT2D eigenvalue weighted by atomic mass is 10.1. The number of hydrogen-bond donors (Lipinski definition) is 2. The maximum absolute atomic E-state index is 13.6. The van der Waals surface area contributed by atoms with Crippen LogP contribution in [0.2, 0.25) is 5.02 Å². The molecule has 0 aliphatic heterocycles. The minimum Gasteiger partial charge on any atom is -0.366 e. The lowest BCUT2D eigenvalue weighted by molar-refractivity contribution is 0.0992. The van der Waals surface area contributed by atoms with Crippen LogP contribution in [0.3, 0.4) is 0 Å². The van der Waals surface area contributed by atoms with Crippen molar-refractivity contribution < 1.29 is 14.0 Å². The molecule has 2 amide bonds. The number of amides is 2. The number of nitrogens with two attached hydrogens (primary N) is 1. The summed E-state index contributed by atoms with van der Waals surface area (Å²) in [6.07, 6.45) is 1.40. The Kier molecular flexibility index (Phi) is 5.56. The van der Waals surface area contributed by atoms with Gasteiger partial charge in [-0.1, -0.05) is 29.8 Å². The Hall–Kier alpha value is -3.45. The van der Waals surface area contributed by atoms with Gasteiger partial charge in [0, 0.05) is 23.0 Å². The summed E-state index contributed by atoms with van der Waals surface area (Å²) in [7, 11) is 0. The van der Waals surface area contributed by atoms with E-state index in [0.717, 1.165) is 17.7 Å². The number of carbonyl (C=O) groups excluding carboxylic acids is 2. The van der Waals surface area contributed by atoms with Gasteiger partial charge < -0.3 is 15.6 Å². The Bertz CT molecular complexity index is 1130. The van der Waals surface area contributed by atoms with Gasteiger partial charge in [0.1, 0.15) is 5.82 Å². The molecule has 0 aliphatic carbocycles. The van der Waals surface area contributed by atoms with Gasteiger partial charge in [0.2, 0.25) is 0 Å². The lowest BCUT2D eigenvalue weighted by Gasteiger charge is -2.11. The van der Waals surface area contributed by atoms with Gasteiger partial charge >= 0.3 is 0 Å². The molecule has 0 saturated carbocycles. The van der Waals surface area contributed by atoms with Crippen molar-refractivity contribution >= 4 is 29.1 Å². The van der Waals surface area contributed by atoms with E-state index in [-0.39, 0.29) is 28.9 Å². The van der Waals surface area contributed by atoms with E-state index in [0.29, 0.717) is 5.02 Å². The van der Waals surface area contributed by atoms with Gasteiger partial charge in [-0.15, -0.1) is 0 Å². The first-order valence-corrected chi connectivity index (χ1v) is 8.57. The molecule has 0 saturated heterocycles. The summed E-state index contributed by atoms with van der Waals surface area (Å²) in [5, 5.41) is 3.06. The fourth-order valence-corrected chi connectivity index (χ4v) is 2.79. The predicted molar refractivity (Wildman–Crippen MR) is 104 cm³/mol. The Morgan fingerprint density at radius 3 is 2.57 bits per heavy atom. The Morgan fingerprint density at radius 2 is 1.86 bits per heavy atom. The molecular formula is C20H15ClFN3O3. The van der Waals surface area contributed by atoms with Gasteiger partial charge in [-0.25, -0.2) is 4.39 Å². The number of aromatic nitrogens is 1. The number of pyridine rings is 1. The average Bonchev–Trinajstić information content (AvgIpc) is 2.66. The first-order valence-electron chi connectivity index (χ1n) is 8.20. The molecule has 1 heterocycles. The van der Waals surface area contributed by atoms with Gasteiger partial charge in [-0.05, 0) is 35.9 Å². The van der Waals surface area contributed by atoms with Gasteiger partial charge in [-0.2, -0.15) is 0 Å². The van der Waals surface area contributed by atoms with Crippen LogP contribution in [0.4, 0.5) is 10.1 Å². The van der Waals surface area contributed by atoms with Crippen molar-refractivity contribution in [3.8, 4) is 0 Å². The molecule has 3 N–H and O–H groups in total. The van der Waals surface area contributed by atoms with Crippen molar-refractivity contribution in [2.24, 2.45) is 5.73 Å². The van der Waals surface area contributed by atoms with Crippen molar-refractivity contribution in [2.75, 3.05) is 5.32 Å². The molecule has 2 aromatic carbocycles. The molecule has 0 bridgehead atoms. The van der Waals surface area contributed by atoms with Gasteiger partial charge in [0.25, 0.3) is 17.4 Å². The Balaban J connectivity index is 1.85. The predicted octanol–water partition coefficient (Wildman–Crippen LogP) is 3.04. The van der Waals surface area contributed by atoms with Gasteiger partial charge in [0.15, 0.2) is 0 Å². The molecule has 0 radical (unpaired) electrons. The second-order valence-electron chi connectivity index (χ2n) is 5.99. The summed E-state index contributed by atoms with van der Waals surface area (Å²) >= 11 is 6.13. The number of anilines is 1.